The lowest BCUT2D eigenvalue weighted by atomic mass is 10.1. The lowest BCUT2D eigenvalue weighted by molar-refractivity contribution is 0.154. The van der Waals surface area contributed by atoms with Crippen LogP contribution in [0.3, 0.4) is 0 Å². The summed E-state index contributed by atoms with van der Waals surface area (Å²) in [6.07, 6.45) is 0. The maximum atomic E-state index is 13.1. The van der Waals surface area contributed by atoms with Crippen LogP contribution in [-0.4, -0.2) is 56.1 Å². The van der Waals surface area contributed by atoms with E-state index in [1.165, 1.54) is 6.07 Å². The molecule has 1 fully saturated rings. The Kier molecular flexibility index (Phi) is 5.31. The minimum absolute atomic E-state index is 0.162. The van der Waals surface area contributed by atoms with Gasteiger partial charge in [0.1, 0.15) is 5.82 Å². The Morgan fingerprint density at radius 2 is 2.00 bits per heavy atom. The van der Waals surface area contributed by atoms with Gasteiger partial charge in [0.15, 0.2) is 0 Å². The van der Waals surface area contributed by atoms with Crippen LogP contribution in [0.1, 0.15) is 18.5 Å². The van der Waals surface area contributed by atoms with Gasteiger partial charge in [-0.2, -0.15) is 0 Å². The molecule has 19 heavy (non-hydrogen) atoms. The fourth-order valence-electron chi connectivity index (χ4n) is 2.40. The molecule has 1 aromatic carbocycles. The fraction of sp³-hybridized carbons (Fsp3) is 0.600. The lowest BCUT2D eigenvalue weighted by Crippen LogP contribution is -2.46. The molecule has 1 aliphatic rings. The van der Waals surface area contributed by atoms with Gasteiger partial charge < -0.3 is 10.2 Å². The zero-order valence-corrected chi connectivity index (χ0v) is 11.9. The standard InChI is InChI=1S/C15H24FN3/c1-13(14-4-3-5-15(16)12-14)17-6-7-19-10-8-18(2)9-11-19/h3-5,12-13,17H,6-11H2,1-2H3/t13-/m0/s1. The number of piperazine rings is 1. The molecular formula is C15H24FN3. The Labute approximate surface area is 115 Å². The molecule has 0 amide bonds. The number of nitrogens with one attached hydrogen (secondary N) is 1. The minimum atomic E-state index is -0.162. The molecule has 0 spiro atoms. The van der Waals surface area contributed by atoms with Crippen LogP contribution in [0.5, 0.6) is 0 Å². The Morgan fingerprint density at radius 1 is 1.26 bits per heavy atom. The summed E-state index contributed by atoms with van der Waals surface area (Å²) in [6.45, 7) is 8.69. The molecule has 0 aliphatic carbocycles. The van der Waals surface area contributed by atoms with Crippen molar-refractivity contribution in [2.75, 3.05) is 46.3 Å². The predicted octanol–water partition coefficient (Wildman–Crippen LogP) is 1.72. The van der Waals surface area contributed by atoms with Crippen molar-refractivity contribution in [2.45, 2.75) is 13.0 Å². The molecule has 1 N–H and O–H groups in total. The topological polar surface area (TPSA) is 18.5 Å². The molecule has 4 heteroatoms. The normalized spacial score (nSPS) is 19.5. The average molecular weight is 265 g/mol. The summed E-state index contributed by atoms with van der Waals surface area (Å²) in [5.74, 6) is -0.162. The summed E-state index contributed by atoms with van der Waals surface area (Å²) in [6, 6.07) is 7.02. The van der Waals surface area contributed by atoms with E-state index in [2.05, 4.69) is 29.1 Å². The van der Waals surface area contributed by atoms with E-state index in [-0.39, 0.29) is 11.9 Å². The van der Waals surface area contributed by atoms with Gasteiger partial charge in [0.05, 0.1) is 0 Å². The number of likely N-dealkylation sites (N-methyl/N-ethyl adjacent to an activating group) is 1. The lowest BCUT2D eigenvalue weighted by Gasteiger charge is -2.32. The molecular weight excluding hydrogens is 241 g/mol. The highest BCUT2D eigenvalue weighted by Gasteiger charge is 2.13. The van der Waals surface area contributed by atoms with E-state index in [0.717, 1.165) is 44.8 Å². The van der Waals surface area contributed by atoms with Gasteiger partial charge >= 0.3 is 0 Å². The Balaban J connectivity index is 1.70. The van der Waals surface area contributed by atoms with E-state index >= 15 is 0 Å². The van der Waals surface area contributed by atoms with Crippen molar-refractivity contribution in [2.24, 2.45) is 0 Å². The van der Waals surface area contributed by atoms with E-state index in [9.17, 15) is 4.39 Å². The van der Waals surface area contributed by atoms with Crippen LogP contribution in [0.4, 0.5) is 4.39 Å². The van der Waals surface area contributed by atoms with Gasteiger partial charge in [0.25, 0.3) is 0 Å². The molecule has 1 aromatic rings. The molecule has 2 rings (SSSR count). The van der Waals surface area contributed by atoms with Crippen molar-refractivity contribution < 1.29 is 4.39 Å². The van der Waals surface area contributed by atoms with Crippen LogP contribution in [0.25, 0.3) is 0 Å². The molecule has 0 saturated carbocycles. The highest BCUT2D eigenvalue weighted by atomic mass is 19.1. The van der Waals surface area contributed by atoms with E-state index < -0.39 is 0 Å². The van der Waals surface area contributed by atoms with E-state index in [1.807, 2.05) is 6.07 Å². The third kappa shape index (κ3) is 4.56. The maximum Gasteiger partial charge on any atom is 0.123 e. The summed E-state index contributed by atoms with van der Waals surface area (Å²) in [7, 11) is 2.17. The highest BCUT2D eigenvalue weighted by Crippen LogP contribution is 2.13. The maximum absolute atomic E-state index is 13.1. The first kappa shape index (κ1) is 14.4. The van der Waals surface area contributed by atoms with Crippen LogP contribution in [0, 0.1) is 5.82 Å². The molecule has 3 nitrogen and oxygen atoms in total. The molecule has 1 aliphatic heterocycles. The summed E-state index contributed by atoms with van der Waals surface area (Å²) >= 11 is 0. The highest BCUT2D eigenvalue weighted by molar-refractivity contribution is 5.19. The van der Waals surface area contributed by atoms with Gasteiger partial charge in [-0.15, -0.1) is 0 Å². The molecule has 1 saturated heterocycles. The van der Waals surface area contributed by atoms with Crippen molar-refractivity contribution in [1.82, 2.24) is 15.1 Å². The second kappa shape index (κ2) is 6.98. The predicted molar refractivity (Wildman–Crippen MR) is 76.8 cm³/mol. The minimum Gasteiger partial charge on any atom is -0.309 e. The first-order valence-electron chi connectivity index (χ1n) is 7.05. The Hall–Kier alpha value is -0.970. The van der Waals surface area contributed by atoms with Gasteiger partial charge in [-0.1, -0.05) is 12.1 Å². The van der Waals surface area contributed by atoms with Crippen LogP contribution in [-0.2, 0) is 0 Å². The summed E-state index contributed by atoms with van der Waals surface area (Å²) < 4.78 is 13.1. The summed E-state index contributed by atoms with van der Waals surface area (Å²) in [5.41, 5.74) is 1.01. The van der Waals surface area contributed by atoms with Crippen molar-refractivity contribution in [1.29, 1.82) is 0 Å². The van der Waals surface area contributed by atoms with Gasteiger partial charge in [-0.25, -0.2) is 4.39 Å². The fourth-order valence-corrected chi connectivity index (χ4v) is 2.40. The van der Waals surface area contributed by atoms with Gasteiger partial charge in [0.2, 0.25) is 0 Å². The number of halogens is 1. The van der Waals surface area contributed by atoms with Gasteiger partial charge in [-0.3, -0.25) is 4.90 Å². The third-order valence-electron chi connectivity index (χ3n) is 3.82. The SMILES string of the molecule is C[C@H](NCCN1CCN(C)CC1)c1cccc(F)c1. The van der Waals surface area contributed by atoms with Crippen molar-refractivity contribution in [3.05, 3.63) is 35.6 Å². The van der Waals surface area contributed by atoms with E-state index in [1.54, 1.807) is 12.1 Å². The summed E-state index contributed by atoms with van der Waals surface area (Å²) in [5, 5.41) is 3.46. The number of nitrogens with zero attached hydrogens (tertiary/aromatic N) is 2. The van der Waals surface area contributed by atoms with Crippen molar-refractivity contribution in [3.63, 3.8) is 0 Å². The third-order valence-corrected chi connectivity index (χ3v) is 3.82. The number of benzene rings is 1. The van der Waals surface area contributed by atoms with Crippen molar-refractivity contribution >= 4 is 0 Å². The van der Waals surface area contributed by atoms with Crippen LogP contribution in [0.2, 0.25) is 0 Å². The average Bonchev–Trinajstić information content (AvgIpc) is 2.41. The van der Waals surface area contributed by atoms with Gasteiger partial charge in [-0.05, 0) is 31.7 Å². The quantitative estimate of drug-likeness (QED) is 0.874. The number of hydrogen-bond acceptors (Lipinski definition) is 3. The van der Waals surface area contributed by atoms with E-state index in [4.69, 9.17) is 0 Å². The molecule has 0 bridgehead atoms. The molecule has 0 aromatic heterocycles. The second-order valence-corrected chi connectivity index (χ2v) is 5.38. The molecule has 106 valence electrons. The number of hydrogen-bond donors (Lipinski definition) is 1. The monoisotopic (exact) mass is 265 g/mol. The van der Waals surface area contributed by atoms with Crippen LogP contribution < -0.4 is 5.32 Å². The van der Waals surface area contributed by atoms with Crippen molar-refractivity contribution in [3.8, 4) is 0 Å². The number of rotatable bonds is 5. The largest absolute Gasteiger partial charge is 0.309 e. The first-order valence-corrected chi connectivity index (χ1v) is 7.05. The van der Waals surface area contributed by atoms with Crippen LogP contribution in [0.15, 0.2) is 24.3 Å². The van der Waals surface area contributed by atoms with Gasteiger partial charge in [0, 0.05) is 45.3 Å². The zero-order valence-electron chi connectivity index (χ0n) is 11.9. The first-order chi connectivity index (χ1) is 9.15. The summed E-state index contributed by atoms with van der Waals surface area (Å²) in [4.78, 5) is 4.84. The Bertz CT molecular complexity index is 389. The smallest absolute Gasteiger partial charge is 0.123 e. The molecule has 1 atom stereocenters. The zero-order chi connectivity index (χ0) is 13.7. The Morgan fingerprint density at radius 3 is 2.68 bits per heavy atom. The van der Waals surface area contributed by atoms with Crippen LogP contribution >= 0.6 is 0 Å². The van der Waals surface area contributed by atoms with E-state index in [0.29, 0.717) is 0 Å². The molecule has 0 unspecified atom stereocenters. The second-order valence-electron chi connectivity index (χ2n) is 5.38. The molecule has 0 radical (unpaired) electrons. The molecule has 1 heterocycles.